The highest BCUT2D eigenvalue weighted by atomic mass is 19.4. The van der Waals surface area contributed by atoms with Crippen LogP contribution in [0.2, 0.25) is 0 Å². The molecule has 0 saturated carbocycles. The van der Waals surface area contributed by atoms with Gasteiger partial charge in [0.15, 0.2) is 11.2 Å². The summed E-state index contributed by atoms with van der Waals surface area (Å²) in [5, 5.41) is 0. The molecule has 0 aliphatic heterocycles. The Labute approximate surface area is 129 Å². The van der Waals surface area contributed by atoms with Crippen molar-refractivity contribution in [3.05, 3.63) is 28.9 Å². The van der Waals surface area contributed by atoms with E-state index in [0.717, 1.165) is 4.57 Å². The molecular formula is C14H16F3N3O3. The molecule has 0 saturated heterocycles. The highest BCUT2D eigenvalue weighted by Crippen LogP contribution is 2.18. The second-order valence-electron chi connectivity index (χ2n) is 5.56. The predicted molar refractivity (Wildman–Crippen MR) is 75.7 cm³/mol. The lowest BCUT2D eigenvalue weighted by Gasteiger charge is -2.25. The summed E-state index contributed by atoms with van der Waals surface area (Å²) in [6, 6.07) is 3.04. The Morgan fingerprint density at radius 3 is 2.74 bits per heavy atom. The van der Waals surface area contributed by atoms with Gasteiger partial charge in [0, 0.05) is 12.7 Å². The Kier molecular flexibility index (Phi) is 4.76. The average Bonchev–Trinajstić information content (AvgIpc) is 2.72. The van der Waals surface area contributed by atoms with Crippen LogP contribution < -0.4 is 5.76 Å². The van der Waals surface area contributed by atoms with Gasteiger partial charge in [0.25, 0.3) is 0 Å². The first-order valence-corrected chi connectivity index (χ1v) is 6.96. The molecule has 2 aromatic rings. The summed E-state index contributed by atoms with van der Waals surface area (Å²) in [5.74, 6) is -1.78. The molecule has 126 valence electrons. The van der Waals surface area contributed by atoms with Crippen LogP contribution in [0, 0.1) is 5.92 Å². The maximum atomic E-state index is 12.6. The highest BCUT2D eigenvalue weighted by Gasteiger charge is 2.33. The van der Waals surface area contributed by atoms with Crippen LogP contribution in [0.25, 0.3) is 11.2 Å². The number of nitrogens with zero attached hydrogens (tertiary/aromatic N) is 3. The van der Waals surface area contributed by atoms with Gasteiger partial charge in [-0.3, -0.25) is 4.79 Å². The number of pyridine rings is 1. The van der Waals surface area contributed by atoms with Gasteiger partial charge >= 0.3 is 11.9 Å². The summed E-state index contributed by atoms with van der Waals surface area (Å²) in [6.07, 6.45) is -3.11. The average molecular weight is 331 g/mol. The van der Waals surface area contributed by atoms with Gasteiger partial charge in [-0.25, -0.2) is 14.3 Å². The van der Waals surface area contributed by atoms with E-state index in [4.69, 9.17) is 4.42 Å². The van der Waals surface area contributed by atoms with E-state index in [-0.39, 0.29) is 23.7 Å². The molecule has 0 aromatic carbocycles. The molecule has 2 aromatic heterocycles. The van der Waals surface area contributed by atoms with E-state index >= 15 is 0 Å². The molecule has 23 heavy (non-hydrogen) atoms. The van der Waals surface area contributed by atoms with Gasteiger partial charge in [0.05, 0.1) is 0 Å². The number of oxazole rings is 1. The van der Waals surface area contributed by atoms with Gasteiger partial charge in [0.2, 0.25) is 5.91 Å². The van der Waals surface area contributed by atoms with Crippen molar-refractivity contribution in [2.24, 2.45) is 5.92 Å². The van der Waals surface area contributed by atoms with Gasteiger partial charge in [0.1, 0.15) is 13.1 Å². The Balaban J connectivity index is 2.26. The third kappa shape index (κ3) is 4.33. The summed E-state index contributed by atoms with van der Waals surface area (Å²) in [6.45, 7) is 1.44. The van der Waals surface area contributed by atoms with Crippen LogP contribution in [0.3, 0.4) is 0 Å². The van der Waals surface area contributed by atoms with Gasteiger partial charge < -0.3 is 9.32 Å². The molecule has 0 bridgehead atoms. The molecule has 0 radical (unpaired) electrons. The summed E-state index contributed by atoms with van der Waals surface area (Å²) in [5.41, 5.74) is 0.305. The van der Waals surface area contributed by atoms with Crippen LogP contribution in [-0.2, 0) is 11.3 Å². The van der Waals surface area contributed by atoms with E-state index in [1.165, 1.54) is 12.3 Å². The number of hydrogen-bond donors (Lipinski definition) is 0. The molecule has 0 atom stereocenters. The fourth-order valence-corrected chi connectivity index (χ4v) is 2.19. The number of carbonyl (C=O) groups excluding carboxylic acids is 1. The number of rotatable bonds is 5. The zero-order chi connectivity index (χ0) is 17.2. The molecule has 0 N–H and O–H groups in total. The lowest BCUT2D eigenvalue weighted by Crippen LogP contribution is -2.43. The van der Waals surface area contributed by atoms with E-state index in [9.17, 15) is 22.8 Å². The molecule has 0 aliphatic carbocycles. The topological polar surface area (TPSA) is 68.3 Å². The SMILES string of the molecule is CC(C)CN(CC(F)(F)F)C(=O)Cn1c(=O)oc2cccnc21. The number of halogens is 3. The zero-order valence-corrected chi connectivity index (χ0v) is 12.6. The number of fused-ring (bicyclic) bond motifs is 1. The molecule has 0 spiro atoms. The van der Waals surface area contributed by atoms with E-state index < -0.39 is 30.9 Å². The molecule has 2 heterocycles. The lowest BCUT2D eigenvalue weighted by molar-refractivity contribution is -0.162. The first-order valence-electron chi connectivity index (χ1n) is 6.96. The minimum Gasteiger partial charge on any atom is -0.406 e. The first-order chi connectivity index (χ1) is 10.7. The lowest BCUT2D eigenvalue weighted by atomic mass is 10.2. The Bertz CT molecular complexity index is 749. The van der Waals surface area contributed by atoms with Crippen molar-refractivity contribution in [3.8, 4) is 0 Å². The molecule has 1 amide bonds. The third-order valence-electron chi connectivity index (χ3n) is 3.03. The van der Waals surface area contributed by atoms with Crippen LogP contribution in [0.5, 0.6) is 0 Å². The normalized spacial score (nSPS) is 12.1. The van der Waals surface area contributed by atoms with Crippen LogP contribution in [0.4, 0.5) is 13.2 Å². The van der Waals surface area contributed by atoms with Gasteiger partial charge in [-0.1, -0.05) is 13.8 Å². The molecule has 0 unspecified atom stereocenters. The van der Waals surface area contributed by atoms with Crippen LogP contribution >= 0.6 is 0 Å². The summed E-state index contributed by atoms with van der Waals surface area (Å²) in [7, 11) is 0. The number of hydrogen-bond acceptors (Lipinski definition) is 4. The van der Waals surface area contributed by atoms with E-state index in [2.05, 4.69) is 4.98 Å². The van der Waals surface area contributed by atoms with Crippen molar-refractivity contribution in [1.82, 2.24) is 14.5 Å². The number of carbonyl (C=O) groups is 1. The predicted octanol–water partition coefficient (Wildman–Crippen LogP) is 2.04. The molecule has 6 nitrogen and oxygen atoms in total. The molecule has 9 heteroatoms. The molecule has 0 fully saturated rings. The minimum absolute atomic E-state index is 0.0592. The van der Waals surface area contributed by atoms with Crippen LogP contribution in [0.15, 0.2) is 27.5 Å². The number of aromatic nitrogens is 2. The van der Waals surface area contributed by atoms with Gasteiger partial charge in [-0.05, 0) is 18.1 Å². The van der Waals surface area contributed by atoms with Crippen LogP contribution in [0.1, 0.15) is 13.8 Å². The Hall–Kier alpha value is -2.32. The Morgan fingerprint density at radius 1 is 1.43 bits per heavy atom. The summed E-state index contributed by atoms with van der Waals surface area (Å²) >= 11 is 0. The second kappa shape index (κ2) is 6.43. The zero-order valence-electron chi connectivity index (χ0n) is 12.6. The summed E-state index contributed by atoms with van der Waals surface area (Å²) in [4.78, 5) is 28.6. The molecule has 2 rings (SSSR count). The van der Waals surface area contributed by atoms with Gasteiger partial charge in [-0.15, -0.1) is 0 Å². The maximum absolute atomic E-state index is 12.6. The number of amides is 1. The summed E-state index contributed by atoms with van der Waals surface area (Å²) < 4.78 is 43.7. The van der Waals surface area contributed by atoms with Crippen molar-refractivity contribution in [1.29, 1.82) is 0 Å². The molecular weight excluding hydrogens is 315 g/mol. The maximum Gasteiger partial charge on any atom is 0.421 e. The standard InChI is InChI=1S/C14H16F3N3O3/c1-9(2)6-19(8-14(15,16)17)11(21)7-20-12-10(23-13(20)22)4-3-5-18-12/h3-5,9H,6-8H2,1-2H3. The van der Waals surface area contributed by atoms with Gasteiger partial charge in [-0.2, -0.15) is 13.2 Å². The van der Waals surface area contributed by atoms with E-state index in [1.54, 1.807) is 19.9 Å². The van der Waals surface area contributed by atoms with E-state index in [0.29, 0.717) is 4.90 Å². The molecule has 0 aliphatic rings. The van der Waals surface area contributed by atoms with E-state index in [1.807, 2.05) is 0 Å². The smallest absolute Gasteiger partial charge is 0.406 e. The fraction of sp³-hybridized carbons (Fsp3) is 0.500. The Morgan fingerprint density at radius 2 is 2.13 bits per heavy atom. The van der Waals surface area contributed by atoms with Crippen molar-refractivity contribution in [2.45, 2.75) is 26.6 Å². The van der Waals surface area contributed by atoms with Crippen molar-refractivity contribution >= 4 is 17.1 Å². The first kappa shape index (κ1) is 17.0. The quantitative estimate of drug-likeness (QED) is 0.841. The monoisotopic (exact) mass is 331 g/mol. The minimum atomic E-state index is -4.51. The third-order valence-corrected chi connectivity index (χ3v) is 3.03. The van der Waals surface area contributed by atoms with Crippen molar-refractivity contribution in [2.75, 3.05) is 13.1 Å². The number of alkyl halides is 3. The van der Waals surface area contributed by atoms with Crippen molar-refractivity contribution < 1.29 is 22.4 Å². The largest absolute Gasteiger partial charge is 0.421 e. The van der Waals surface area contributed by atoms with Crippen molar-refractivity contribution in [3.63, 3.8) is 0 Å². The fourth-order valence-electron chi connectivity index (χ4n) is 2.19. The van der Waals surface area contributed by atoms with Crippen LogP contribution in [-0.4, -0.2) is 39.6 Å². The second-order valence-corrected chi connectivity index (χ2v) is 5.56. The highest BCUT2D eigenvalue weighted by molar-refractivity contribution is 5.78.